The summed E-state index contributed by atoms with van der Waals surface area (Å²) < 4.78 is 0. The van der Waals surface area contributed by atoms with Crippen molar-refractivity contribution in [2.75, 3.05) is 32.1 Å². The van der Waals surface area contributed by atoms with Gasteiger partial charge in [-0.25, -0.2) is 9.97 Å². The van der Waals surface area contributed by atoms with Gasteiger partial charge in [-0.1, -0.05) is 12.8 Å². The Hall–Kier alpha value is -1.20. The van der Waals surface area contributed by atoms with E-state index in [2.05, 4.69) is 20.9 Å². The summed E-state index contributed by atoms with van der Waals surface area (Å²) in [4.78, 5) is 13.3. The number of hydrogen-bond donors (Lipinski definition) is 1. The predicted octanol–water partition coefficient (Wildman–Crippen LogP) is 1.25. The molecule has 0 spiro atoms. The van der Waals surface area contributed by atoms with Gasteiger partial charge in [0, 0.05) is 30.9 Å². The Morgan fingerprint density at radius 1 is 1.25 bits per heavy atom. The first-order chi connectivity index (χ1) is 9.65. The first kappa shape index (κ1) is 13.8. The molecule has 1 aromatic heterocycles. The molecule has 2 aliphatic rings. The van der Waals surface area contributed by atoms with Crippen LogP contribution in [0.25, 0.3) is 0 Å². The highest BCUT2D eigenvalue weighted by atomic mass is 16.3. The lowest BCUT2D eigenvalue weighted by Crippen LogP contribution is -2.38. The molecule has 0 unspecified atom stereocenters. The van der Waals surface area contributed by atoms with Crippen molar-refractivity contribution in [3.63, 3.8) is 0 Å². The highest BCUT2D eigenvalue weighted by Crippen LogP contribution is 2.33. The molecular weight excluding hydrogens is 252 g/mol. The Labute approximate surface area is 120 Å². The summed E-state index contributed by atoms with van der Waals surface area (Å²) in [6, 6.07) is 2.21. The maximum atomic E-state index is 10.1. The SMILES string of the molecule is CN(C)[C@H]1CN(c2nccc(C3CCCC3)n2)C[C@@H]1O. The maximum absolute atomic E-state index is 10.1. The van der Waals surface area contributed by atoms with Crippen molar-refractivity contribution in [2.45, 2.75) is 43.7 Å². The van der Waals surface area contributed by atoms with Crippen molar-refractivity contribution in [3.05, 3.63) is 18.0 Å². The van der Waals surface area contributed by atoms with E-state index in [0.29, 0.717) is 12.5 Å². The number of anilines is 1. The van der Waals surface area contributed by atoms with E-state index < -0.39 is 0 Å². The molecule has 5 nitrogen and oxygen atoms in total. The minimum absolute atomic E-state index is 0.161. The second-order valence-corrected chi connectivity index (χ2v) is 6.27. The third-order valence-corrected chi connectivity index (χ3v) is 4.64. The molecule has 1 aliphatic heterocycles. The van der Waals surface area contributed by atoms with E-state index in [4.69, 9.17) is 4.98 Å². The molecule has 2 atom stereocenters. The number of rotatable bonds is 3. The van der Waals surface area contributed by atoms with E-state index in [1.807, 2.05) is 20.3 Å². The van der Waals surface area contributed by atoms with Crippen LogP contribution < -0.4 is 4.90 Å². The molecular formula is C15H24N4O. The summed E-state index contributed by atoms with van der Waals surface area (Å²) in [6.45, 7) is 1.42. The lowest BCUT2D eigenvalue weighted by Gasteiger charge is -2.21. The molecule has 1 aromatic rings. The standard InChI is InChI=1S/C15H24N4O/c1-18(2)13-9-19(10-14(13)20)15-16-8-7-12(17-15)11-5-3-4-6-11/h7-8,11,13-14,20H,3-6,9-10H2,1-2H3/t13-,14-/m0/s1. The summed E-state index contributed by atoms with van der Waals surface area (Å²) in [5.74, 6) is 1.38. The fraction of sp³-hybridized carbons (Fsp3) is 0.733. The van der Waals surface area contributed by atoms with Crippen LogP contribution in [0.2, 0.25) is 0 Å². The molecule has 3 rings (SSSR count). The van der Waals surface area contributed by atoms with Gasteiger partial charge in [0.05, 0.1) is 12.1 Å². The topological polar surface area (TPSA) is 52.5 Å². The van der Waals surface area contributed by atoms with Crippen LogP contribution in [0, 0.1) is 0 Å². The van der Waals surface area contributed by atoms with E-state index >= 15 is 0 Å². The molecule has 0 aromatic carbocycles. The molecule has 1 saturated heterocycles. The highest BCUT2D eigenvalue weighted by molar-refractivity contribution is 5.34. The van der Waals surface area contributed by atoms with Crippen LogP contribution in [0.1, 0.15) is 37.3 Å². The zero-order chi connectivity index (χ0) is 14.1. The summed E-state index contributed by atoms with van der Waals surface area (Å²) in [5.41, 5.74) is 1.18. The van der Waals surface area contributed by atoms with Crippen LogP contribution in [-0.4, -0.2) is 59.3 Å². The van der Waals surface area contributed by atoms with Gasteiger partial charge >= 0.3 is 0 Å². The van der Waals surface area contributed by atoms with Crippen LogP contribution in [0.15, 0.2) is 12.3 Å². The summed E-state index contributed by atoms with van der Waals surface area (Å²) in [6.07, 6.45) is 6.66. The van der Waals surface area contributed by atoms with E-state index in [1.165, 1.54) is 31.4 Å². The quantitative estimate of drug-likeness (QED) is 0.900. The number of hydrogen-bond acceptors (Lipinski definition) is 5. The average molecular weight is 276 g/mol. The fourth-order valence-electron chi connectivity index (χ4n) is 3.40. The minimum atomic E-state index is -0.330. The van der Waals surface area contributed by atoms with Crippen molar-refractivity contribution in [1.29, 1.82) is 0 Å². The summed E-state index contributed by atoms with van der Waals surface area (Å²) in [7, 11) is 4.01. The number of β-amino-alcohol motifs (C(OH)–C–C–N with tert-alkyl or cyclic N) is 1. The number of aliphatic hydroxyl groups excluding tert-OH is 1. The molecule has 0 bridgehead atoms. The van der Waals surface area contributed by atoms with Gasteiger partial charge in [0.1, 0.15) is 0 Å². The van der Waals surface area contributed by atoms with Crippen LogP contribution in [-0.2, 0) is 0 Å². The van der Waals surface area contributed by atoms with Gasteiger partial charge in [-0.05, 0) is 33.0 Å². The van der Waals surface area contributed by atoms with E-state index in [1.54, 1.807) is 0 Å². The lowest BCUT2D eigenvalue weighted by atomic mass is 10.0. The predicted molar refractivity (Wildman–Crippen MR) is 78.9 cm³/mol. The zero-order valence-electron chi connectivity index (χ0n) is 12.4. The van der Waals surface area contributed by atoms with Gasteiger partial charge < -0.3 is 14.9 Å². The third-order valence-electron chi connectivity index (χ3n) is 4.64. The summed E-state index contributed by atoms with van der Waals surface area (Å²) in [5, 5.41) is 10.1. The van der Waals surface area contributed by atoms with Gasteiger partial charge in [-0.3, -0.25) is 0 Å². The number of aromatic nitrogens is 2. The number of nitrogens with zero attached hydrogens (tertiary/aromatic N) is 4. The normalized spacial score (nSPS) is 27.7. The molecule has 110 valence electrons. The Morgan fingerprint density at radius 2 is 2.00 bits per heavy atom. The van der Waals surface area contributed by atoms with Crippen molar-refractivity contribution >= 4 is 5.95 Å². The summed E-state index contributed by atoms with van der Waals surface area (Å²) >= 11 is 0. The Kier molecular flexibility index (Phi) is 3.89. The average Bonchev–Trinajstić information content (AvgIpc) is 3.08. The fourth-order valence-corrected chi connectivity index (χ4v) is 3.40. The second kappa shape index (κ2) is 5.66. The van der Waals surface area contributed by atoms with E-state index in [0.717, 1.165) is 12.5 Å². The maximum Gasteiger partial charge on any atom is 0.225 e. The first-order valence-corrected chi connectivity index (χ1v) is 7.57. The highest BCUT2D eigenvalue weighted by Gasteiger charge is 2.34. The van der Waals surface area contributed by atoms with Gasteiger partial charge in [-0.15, -0.1) is 0 Å². The molecule has 2 heterocycles. The lowest BCUT2D eigenvalue weighted by molar-refractivity contribution is 0.114. The van der Waals surface area contributed by atoms with Crippen LogP contribution >= 0.6 is 0 Å². The Morgan fingerprint density at radius 3 is 2.65 bits per heavy atom. The molecule has 2 fully saturated rings. The van der Waals surface area contributed by atoms with Gasteiger partial charge in [0.25, 0.3) is 0 Å². The van der Waals surface area contributed by atoms with Crippen molar-refractivity contribution in [2.24, 2.45) is 0 Å². The minimum Gasteiger partial charge on any atom is -0.390 e. The first-order valence-electron chi connectivity index (χ1n) is 7.57. The van der Waals surface area contributed by atoms with Gasteiger partial charge in [0.2, 0.25) is 5.95 Å². The largest absolute Gasteiger partial charge is 0.390 e. The molecule has 5 heteroatoms. The molecule has 20 heavy (non-hydrogen) atoms. The van der Waals surface area contributed by atoms with Crippen LogP contribution in [0.5, 0.6) is 0 Å². The van der Waals surface area contributed by atoms with Crippen molar-refractivity contribution in [1.82, 2.24) is 14.9 Å². The smallest absolute Gasteiger partial charge is 0.225 e. The van der Waals surface area contributed by atoms with Crippen LogP contribution in [0.4, 0.5) is 5.95 Å². The van der Waals surface area contributed by atoms with Crippen molar-refractivity contribution < 1.29 is 5.11 Å². The molecule has 1 N–H and O–H groups in total. The Balaban J connectivity index is 1.76. The molecule has 0 amide bonds. The zero-order valence-corrected chi connectivity index (χ0v) is 12.4. The van der Waals surface area contributed by atoms with Gasteiger partial charge in [-0.2, -0.15) is 0 Å². The number of aliphatic hydroxyl groups is 1. The molecule has 1 saturated carbocycles. The third kappa shape index (κ3) is 2.65. The van der Waals surface area contributed by atoms with E-state index in [-0.39, 0.29) is 12.1 Å². The molecule has 0 radical (unpaired) electrons. The molecule has 1 aliphatic carbocycles. The monoisotopic (exact) mass is 276 g/mol. The van der Waals surface area contributed by atoms with Gasteiger partial charge in [0.15, 0.2) is 0 Å². The number of likely N-dealkylation sites (N-methyl/N-ethyl adjacent to an activating group) is 1. The van der Waals surface area contributed by atoms with Crippen molar-refractivity contribution in [3.8, 4) is 0 Å². The van der Waals surface area contributed by atoms with Crippen LogP contribution in [0.3, 0.4) is 0 Å². The second-order valence-electron chi connectivity index (χ2n) is 6.27. The Bertz CT molecular complexity index is 459. The van der Waals surface area contributed by atoms with E-state index in [9.17, 15) is 5.11 Å².